The van der Waals surface area contributed by atoms with Gasteiger partial charge in [0.05, 0.1) is 22.9 Å². The number of rotatable bonds is 4. The fraction of sp³-hybridized carbons (Fsp3) is 0.562. The zero-order valence-electron chi connectivity index (χ0n) is 13.4. The first-order valence-electron chi connectivity index (χ1n) is 7.63. The Hall–Kier alpha value is -1.73. The number of ether oxygens (including phenoxy) is 1. The van der Waals surface area contributed by atoms with E-state index >= 15 is 0 Å². The van der Waals surface area contributed by atoms with Crippen molar-refractivity contribution in [2.45, 2.75) is 32.2 Å². The molecule has 0 unspecified atom stereocenters. The molecule has 1 N–H and O–H groups in total. The number of aryl methyl sites for hydroxylation is 2. The Kier molecular flexibility index (Phi) is 2.99. The van der Waals surface area contributed by atoms with Crippen molar-refractivity contribution < 1.29 is 14.6 Å². The van der Waals surface area contributed by atoms with Gasteiger partial charge < -0.3 is 14.7 Å². The van der Waals surface area contributed by atoms with E-state index in [1.165, 1.54) is 10.4 Å². The van der Waals surface area contributed by atoms with Crippen LogP contribution < -0.4 is 4.90 Å². The summed E-state index contributed by atoms with van der Waals surface area (Å²) in [6, 6.07) is 0. The monoisotopic (exact) mass is 333 g/mol. The van der Waals surface area contributed by atoms with Crippen molar-refractivity contribution in [3.63, 3.8) is 0 Å². The van der Waals surface area contributed by atoms with Crippen LogP contribution in [-0.2, 0) is 9.53 Å². The molecule has 3 aliphatic rings. The van der Waals surface area contributed by atoms with Gasteiger partial charge in [-0.1, -0.05) is 0 Å². The topological polar surface area (TPSA) is 75.6 Å². The standard InChI is InChI=1S/C16H19N3O3S/c1-9-10(2)23-13-11(9)12(17-8-18-13)19-6-15(14(20)21)4-16(19,5-15)7-22-3/h8H,4-7H2,1-3H3,(H,20,21). The second-order valence-electron chi connectivity index (χ2n) is 6.84. The predicted octanol–water partition coefficient (Wildman–Crippen LogP) is 2.38. The van der Waals surface area contributed by atoms with Crippen molar-refractivity contribution in [1.82, 2.24) is 9.97 Å². The number of aromatic nitrogens is 2. The van der Waals surface area contributed by atoms with Gasteiger partial charge in [0.1, 0.15) is 17.0 Å². The van der Waals surface area contributed by atoms with Crippen LogP contribution in [0.4, 0.5) is 5.82 Å². The van der Waals surface area contributed by atoms with Crippen LogP contribution in [0.2, 0.25) is 0 Å². The first-order valence-corrected chi connectivity index (χ1v) is 8.45. The summed E-state index contributed by atoms with van der Waals surface area (Å²) in [7, 11) is 1.67. The van der Waals surface area contributed by atoms with Gasteiger partial charge in [-0.05, 0) is 32.3 Å². The van der Waals surface area contributed by atoms with Crippen LogP contribution in [0.5, 0.6) is 0 Å². The largest absolute Gasteiger partial charge is 0.481 e. The van der Waals surface area contributed by atoms with E-state index in [-0.39, 0.29) is 5.54 Å². The Bertz CT molecular complexity index is 810. The predicted molar refractivity (Wildman–Crippen MR) is 88.1 cm³/mol. The minimum atomic E-state index is -0.713. The van der Waals surface area contributed by atoms with Crippen molar-refractivity contribution in [2.24, 2.45) is 5.41 Å². The van der Waals surface area contributed by atoms with Gasteiger partial charge in [-0.25, -0.2) is 9.97 Å². The molecule has 5 rings (SSSR count). The van der Waals surface area contributed by atoms with Crippen LogP contribution in [0, 0.1) is 19.3 Å². The maximum Gasteiger partial charge on any atom is 0.311 e. The number of nitrogens with zero attached hydrogens (tertiary/aromatic N) is 3. The third-order valence-electron chi connectivity index (χ3n) is 5.44. The normalized spacial score (nSPS) is 29.1. The molecule has 2 bridgehead atoms. The Balaban J connectivity index is 1.86. The summed E-state index contributed by atoms with van der Waals surface area (Å²) in [6.07, 6.45) is 2.82. The van der Waals surface area contributed by atoms with E-state index in [1.807, 2.05) is 0 Å². The van der Waals surface area contributed by atoms with Crippen molar-refractivity contribution in [1.29, 1.82) is 0 Å². The molecular weight excluding hydrogens is 314 g/mol. The quantitative estimate of drug-likeness (QED) is 0.926. The summed E-state index contributed by atoms with van der Waals surface area (Å²) in [5.74, 6) is 0.143. The highest BCUT2D eigenvalue weighted by Crippen LogP contribution is 2.61. The van der Waals surface area contributed by atoms with Crippen molar-refractivity contribution in [2.75, 3.05) is 25.2 Å². The van der Waals surface area contributed by atoms with E-state index < -0.39 is 11.4 Å². The minimum Gasteiger partial charge on any atom is -0.481 e. The van der Waals surface area contributed by atoms with Crippen molar-refractivity contribution >= 4 is 33.3 Å². The molecule has 2 saturated heterocycles. The molecule has 3 fully saturated rings. The lowest BCUT2D eigenvalue weighted by molar-refractivity contribution is -0.154. The van der Waals surface area contributed by atoms with Gasteiger partial charge in [-0.3, -0.25) is 4.79 Å². The number of anilines is 1. The second kappa shape index (κ2) is 4.64. The van der Waals surface area contributed by atoms with Gasteiger partial charge >= 0.3 is 5.97 Å². The maximum atomic E-state index is 11.7. The first kappa shape index (κ1) is 14.8. The summed E-state index contributed by atoms with van der Waals surface area (Å²) in [5.41, 5.74) is 0.271. The van der Waals surface area contributed by atoms with Gasteiger partial charge in [0.25, 0.3) is 0 Å². The number of aliphatic carboxylic acids is 1. The Morgan fingerprint density at radius 2 is 2.17 bits per heavy atom. The number of methoxy groups -OCH3 is 1. The molecule has 2 aromatic rings. The van der Waals surface area contributed by atoms with Crippen molar-refractivity contribution in [3.8, 4) is 0 Å². The molecule has 0 atom stereocenters. The van der Waals surface area contributed by atoms with Gasteiger partial charge in [0.2, 0.25) is 0 Å². The fourth-order valence-corrected chi connectivity index (χ4v) is 5.31. The van der Waals surface area contributed by atoms with Gasteiger partial charge in [-0.15, -0.1) is 11.3 Å². The average molecular weight is 333 g/mol. The Morgan fingerprint density at radius 3 is 2.83 bits per heavy atom. The van der Waals surface area contributed by atoms with Crippen LogP contribution in [0.25, 0.3) is 10.2 Å². The molecule has 2 aromatic heterocycles. The molecule has 7 heteroatoms. The number of hydrogen-bond donors (Lipinski definition) is 1. The summed E-state index contributed by atoms with van der Waals surface area (Å²) >= 11 is 1.66. The zero-order chi connectivity index (χ0) is 16.4. The van der Waals surface area contributed by atoms with Crippen LogP contribution >= 0.6 is 11.3 Å². The molecule has 0 aromatic carbocycles. The molecule has 23 heavy (non-hydrogen) atoms. The zero-order valence-corrected chi connectivity index (χ0v) is 14.2. The van der Waals surface area contributed by atoms with E-state index in [0.717, 1.165) is 16.0 Å². The third kappa shape index (κ3) is 1.80. The first-order chi connectivity index (χ1) is 10.9. The van der Waals surface area contributed by atoms with E-state index in [0.29, 0.717) is 26.0 Å². The summed E-state index contributed by atoms with van der Waals surface area (Å²) in [4.78, 5) is 25.0. The molecule has 1 aliphatic carbocycles. The molecule has 4 heterocycles. The number of carboxylic acid groups (broad SMARTS) is 1. The molecule has 0 amide bonds. The lowest BCUT2D eigenvalue weighted by Gasteiger charge is -2.45. The second-order valence-corrected chi connectivity index (χ2v) is 8.05. The van der Waals surface area contributed by atoms with Crippen LogP contribution in [0.15, 0.2) is 6.33 Å². The summed E-state index contributed by atoms with van der Waals surface area (Å²) < 4.78 is 5.42. The number of thiophene rings is 1. The average Bonchev–Trinajstić information content (AvgIpc) is 3.07. The molecule has 6 nitrogen and oxygen atoms in total. The summed E-state index contributed by atoms with van der Waals surface area (Å²) in [6.45, 7) is 5.18. The highest BCUT2D eigenvalue weighted by Gasteiger charge is 2.69. The van der Waals surface area contributed by atoms with E-state index in [2.05, 4.69) is 28.7 Å². The fourth-order valence-electron chi connectivity index (χ4n) is 4.32. The lowest BCUT2D eigenvalue weighted by atomic mass is 9.62. The smallest absolute Gasteiger partial charge is 0.311 e. The summed E-state index contributed by atoms with van der Waals surface area (Å²) in [5, 5.41) is 10.7. The lowest BCUT2D eigenvalue weighted by Crippen LogP contribution is -2.55. The molecular formula is C16H19N3O3S. The van der Waals surface area contributed by atoms with Crippen LogP contribution in [0.3, 0.4) is 0 Å². The third-order valence-corrected chi connectivity index (χ3v) is 6.55. The SMILES string of the molecule is COCC12CC(C(=O)O)(CN1c1ncnc3sc(C)c(C)c13)C2. The molecule has 0 spiro atoms. The molecule has 122 valence electrons. The highest BCUT2D eigenvalue weighted by molar-refractivity contribution is 7.18. The molecule has 0 radical (unpaired) electrons. The number of hydrogen-bond acceptors (Lipinski definition) is 6. The number of carboxylic acids is 1. The minimum absolute atomic E-state index is 0.253. The number of carbonyl (C=O) groups is 1. The highest BCUT2D eigenvalue weighted by atomic mass is 32.1. The Labute approximate surface area is 138 Å². The molecule has 2 aliphatic heterocycles. The van der Waals surface area contributed by atoms with Crippen LogP contribution in [0.1, 0.15) is 23.3 Å². The maximum absolute atomic E-state index is 11.7. The van der Waals surface area contributed by atoms with Crippen LogP contribution in [-0.4, -0.2) is 46.8 Å². The molecule has 1 saturated carbocycles. The van der Waals surface area contributed by atoms with E-state index in [4.69, 9.17) is 4.74 Å². The van der Waals surface area contributed by atoms with Crippen molar-refractivity contribution in [3.05, 3.63) is 16.8 Å². The van der Waals surface area contributed by atoms with Gasteiger partial charge in [0, 0.05) is 18.5 Å². The van der Waals surface area contributed by atoms with E-state index in [1.54, 1.807) is 24.8 Å². The van der Waals surface area contributed by atoms with Gasteiger partial charge in [-0.2, -0.15) is 0 Å². The van der Waals surface area contributed by atoms with Gasteiger partial charge in [0.15, 0.2) is 0 Å². The number of fused-ring (bicyclic) bond motifs is 2. The van der Waals surface area contributed by atoms with E-state index in [9.17, 15) is 9.90 Å². The Morgan fingerprint density at radius 1 is 1.43 bits per heavy atom.